The van der Waals surface area contributed by atoms with Crippen LogP contribution in [0.4, 0.5) is 0 Å². The van der Waals surface area contributed by atoms with E-state index in [1.54, 1.807) is 12.1 Å². The summed E-state index contributed by atoms with van der Waals surface area (Å²) < 4.78 is 5.74. The van der Waals surface area contributed by atoms with Gasteiger partial charge in [0.15, 0.2) is 10.4 Å². The number of rotatable bonds is 4. The lowest BCUT2D eigenvalue weighted by Crippen LogP contribution is -2.33. The molecule has 2 rings (SSSR count). The van der Waals surface area contributed by atoms with Crippen molar-refractivity contribution in [3.05, 3.63) is 57.4 Å². The molecule has 1 amide bonds. The molecule has 5 heteroatoms. The molecule has 0 aliphatic rings. The topological polar surface area (TPSA) is 42.2 Å². The van der Waals surface area contributed by atoms with Gasteiger partial charge in [-0.25, -0.2) is 0 Å². The molecule has 1 unspecified atom stereocenters. The van der Waals surface area contributed by atoms with Crippen LogP contribution >= 0.6 is 27.5 Å². The van der Waals surface area contributed by atoms with Gasteiger partial charge in [-0.1, -0.05) is 23.7 Å². The first-order valence-corrected chi connectivity index (χ1v) is 7.02. The molecule has 0 aliphatic heterocycles. The fourth-order valence-corrected chi connectivity index (χ4v) is 2.32. The molecule has 100 valence electrons. The minimum Gasteiger partial charge on any atom is -0.444 e. The van der Waals surface area contributed by atoms with E-state index in [-0.39, 0.29) is 11.9 Å². The molecule has 0 bridgehead atoms. The van der Waals surface area contributed by atoms with Crippen LogP contribution in [0.1, 0.15) is 23.0 Å². The number of amides is 1. The third-order valence-electron chi connectivity index (χ3n) is 2.61. The quantitative estimate of drug-likeness (QED) is 0.910. The SMILES string of the molecule is CC(Cc1cccc(Cl)c1)NC(=O)c1ccc(Br)o1. The van der Waals surface area contributed by atoms with Crippen LogP contribution in [0.3, 0.4) is 0 Å². The Labute approximate surface area is 125 Å². The van der Waals surface area contributed by atoms with Gasteiger partial charge in [-0.3, -0.25) is 4.79 Å². The summed E-state index contributed by atoms with van der Waals surface area (Å²) >= 11 is 9.09. The minimum absolute atomic E-state index is 0.00478. The molecule has 1 heterocycles. The Kier molecular flexibility index (Phi) is 4.66. The van der Waals surface area contributed by atoms with Crippen LogP contribution in [-0.4, -0.2) is 11.9 Å². The van der Waals surface area contributed by atoms with E-state index in [9.17, 15) is 4.79 Å². The number of hydrogen-bond acceptors (Lipinski definition) is 2. The molecule has 1 atom stereocenters. The first-order valence-electron chi connectivity index (χ1n) is 5.85. The van der Waals surface area contributed by atoms with Crippen molar-refractivity contribution >= 4 is 33.4 Å². The molecule has 0 saturated heterocycles. The summed E-state index contributed by atoms with van der Waals surface area (Å²) in [5.41, 5.74) is 1.08. The zero-order chi connectivity index (χ0) is 13.8. The lowest BCUT2D eigenvalue weighted by Gasteiger charge is -2.13. The van der Waals surface area contributed by atoms with Gasteiger partial charge in [0.2, 0.25) is 0 Å². The molecule has 0 spiro atoms. The molecule has 0 saturated carbocycles. The van der Waals surface area contributed by atoms with Crippen LogP contribution in [0, 0.1) is 0 Å². The van der Waals surface area contributed by atoms with E-state index >= 15 is 0 Å². The Hall–Kier alpha value is -1.26. The van der Waals surface area contributed by atoms with Crippen molar-refractivity contribution in [2.75, 3.05) is 0 Å². The lowest BCUT2D eigenvalue weighted by molar-refractivity contribution is 0.0911. The predicted octanol–water partition coefficient (Wildman–Crippen LogP) is 4.06. The summed E-state index contributed by atoms with van der Waals surface area (Å²) in [7, 11) is 0. The van der Waals surface area contributed by atoms with Crippen molar-refractivity contribution < 1.29 is 9.21 Å². The van der Waals surface area contributed by atoms with Gasteiger partial charge in [0.1, 0.15) is 0 Å². The molecular weight excluding hydrogens is 330 g/mol. The number of benzene rings is 1. The van der Waals surface area contributed by atoms with E-state index in [0.29, 0.717) is 21.9 Å². The Morgan fingerprint density at radius 3 is 2.84 bits per heavy atom. The van der Waals surface area contributed by atoms with E-state index in [1.165, 1.54) is 0 Å². The van der Waals surface area contributed by atoms with Crippen molar-refractivity contribution in [1.29, 1.82) is 0 Å². The molecule has 1 aromatic carbocycles. The summed E-state index contributed by atoms with van der Waals surface area (Å²) in [6.45, 7) is 1.94. The van der Waals surface area contributed by atoms with Crippen molar-refractivity contribution in [2.24, 2.45) is 0 Å². The largest absolute Gasteiger partial charge is 0.444 e. The highest BCUT2D eigenvalue weighted by Gasteiger charge is 2.13. The van der Waals surface area contributed by atoms with E-state index in [1.807, 2.05) is 31.2 Å². The molecule has 1 N–H and O–H groups in total. The second kappa shape index (κ2) is 6.26. The van der Waals surface area contributed by atoms with Crippen LogP contribution in [0.5, 0.6) is 0 Å². The first-order chi connectivity index (χ1) is 9.04. The van der Waals surface area contributed by atoms with Crippen LogP contribution < -0.4 is 5.32 Å². The number of nitrogens with one attached hydrogen (secondary N) is 1. The number of hydrogen-bond donors (Lipinski definition) is 1. The van der Waals surface area contributed by atoms with E-state index in [0.717, 1.165) is 5.56 Å². The molecule has 2 aromatic rings. The zero-order valence-electron chi connectivity index (χ0n) is 10.3. The minimum atomic E-state index is -0.222. The Balaban J connectivity index is 1.94. The van der Waals surface area contributed by atoms with Crippen molar-refractivity contribution in [2.45, 2.75) is 19.4 Å². The van der Waals surface area contributed by atoms with Crippen molar-refractivity contribution in [3.8, 4) is 0 Å². The number of halogens is 2. The molecule has 0 aliphatic carbocycles. The van der Waals surface area contributed by atoms with Gasteiger partial charge in [-0.2, -0.15) is 0 Å². The standard InChI is InChI=1S/C14H13BrClNO2/c1-9(7-10-3-2-4-11(16)8-10)17-14(18)12-5-6-13(15)19-12/h2-6,8-9H,7H2,1H3,(H,17,18). The Morgan fingerprint density at radius 2 is 2.21 bits per heavy atom. The summed E-state index contributed by atoms with van der Waals surface area (Å²) in [5, 5.41) is 3.58. The maximum Gasteiger partial charge on any atom is 0.287 e. The highest BCUT2D eigenvalue weighted by molar-refractivity contribution is 9.10. The zero-order valence-corrected chi connectivity index (χ0v) is 12.7. The second-order valence-corrected chi connectivity index (χ2v) is 5.53. The highest BCUT2D eigenvalue weighted by Crippen LogP contribution is 2.15. The highest BCUT2D eigenvalue weighted by atomic mass is 79.9. The molecular formula is C14H13BrClNO2. The van der Waals surface area contributed by atoms with Crippen molar-refractivity contribution in [1.82, 2.24) is 5.32 Å². The average molecular weight is 343 g/mol. The fraction of sp³-hybridized carbons (Fsp3) is 0.214. The van der Waals surface area contributed by atoms with Crippen LogP contribution in [0.15, 0.2) is 45.5 Å². The van der Waals surface area contributed by atoms with Crippen LogP contribution in [-0.2, 0) is 6.42 Å². The van der Waals surface area contributed by atoms with Gasteiger partial charge in [-0.05, 0) is 59.1 Å². The van der Waals surface area contributed by atoms with Crippen LogP contribution in [0.25, 0.3) is 0 Å². The van der Waals surface area contributed by atoms with Gasteiger partial charge in [0.25, 0.3) is 5.91 Å². The molecule has 3 nitrogen and oxygen atoms in total. The summed E-state index contributed by atoms with van der Waals surface area (Å²) in [5.74, 6) is 0.0741. The first kappa shape index (κ1) is 14.2. The lowest BCUT2D eigenvalue weighted by atomic mass is 10.1. The third-order valence-corrected chi connectivity index (χ3v) is 3.27. The number of carbonyl (C=O) groups is 1. The number of carbonyl (C=O) groups excluding carboxylic acids is 1. The smallest absolute Gasteiger partial charge is 0.287 e. The molecule has 0 fully saturated rings. The molecule has 1 aromatic heterocycles. The predicted molar refractivity (Wildman–Crippen MR) is 78.5 cm³/mol. The van der Waals surface area contributed by atoms with E-state index in [4.69, 9.17) is 16.0 Å². The van der Waals surface area contributed by atoms with E-state index < -0.39 is 0 Å². The second-order valence-electron chi connectivity index (χ2n) is 4.31. The maximum atomic E-state index is 11.9. The summed E-state index contributed by atoms with van der Waals surface area (Å²) in [4.78, 5) is 11.9. The average Bonchev–Trinajstić information content (AvgIpc) is 2.75. The summed E-state index contributed by atoms with van der Waals surface area (Å²) in [6, 6.07) is 10.9. The Bertz CT molecular complexity index is 582. The molecule has 19 heavy (non-hydrogen) atoms. The summed E-state index contributed by atoms with van der Waals surface area (Å²) in [6.07, 6.45) is 0.716. The molecule has 0 radical (unpaired) electrons. The fourth-order valence-electron chi connectivity index (χ4n) is 1.80. The van der Waals surface area contributed by atoms with Gasteiger partial charge in [0.05, 0.1) is 0 Å². The normalized spacial score (nSPS) is 12.2. The third kappa shape index (κ3) is 4.11. The van der Waals surface area contributed by atoms with Gasteiger partial charge in [0, 0.05) is 11.1 Å². The van der Waals surface area contributed by atoms with E-state index in [2.05, 4.69) is 21.2 Å². The Morgan fingerprint density at radius 1 is 1.42 bits per heavy atom. The van der Waals surface area contributed by atoms with Crippen molar-refractivity contribution in [3.63, 3.8) is 0 Å². The van der Waals surface area contributed by atoms with Crippen LogP contribution in [0.2, 0.25) is 5.02 Å². The van der Waals surface area contributed by atoms with Gasteiger partial charge < -0.3 is 9.73 Å². The van der Waals surface area contributed by atoms with Gasteiger partial charge in [-0.15, -0.1) is 0 Å². The van der Waals surface area contributed by atoms with Gasteiger partial charge >= 0.3 is 0 Å². The monoisotopic (exact) mass is 341 g/mol. The maximum absolute atomic E-state index is 11.9. The number of furan rings is 1.